The molecule has 0 spiro atoms. The molecule has 0 radical (unpaired) electrons. The molecule has 0 aliphatic rings. The van der Waals surface area contributed by atoms with Gasteiger partial charge in [-0.2, -0.15) is 0 Å². The van der Waals surface area contributed by atoms with Gasteiger partial charge in [0.25, 0.3) is 11.8 Å². The summed E-state index contributed by atoms with van der Waals surface area (Å²) in [4.78, 5) is 21.5. The molecule has 1 aromatic carbocycles. The molecule has 6 heteroatoms. The van der Waals surface area contributed by atoms with Crippen LogP contribution in [0.1, 0.15) is 0 Å². The van der Waals surface area contributed by atoms with E-state index >= 15 is 0 Å². The van der Waals surface area contributed by atoms with E-state index in [1.165, 1.54) is 21.3 Å². The van der Waals surface area contributed by atoms with E-state index < -0.39 is 5.56 Å². The number of methoxy groups -OCH3 is 2. The summed E-state index contributed by atoms with van der Waals surface area (Å²) in [6.07, 6.45) is 0. The molecule has 0 saturated carbocycles. The van der Waals surface area contributed by atoms with E-state index in [2.05, 4.69) is 4.98 Å². The second kappa shape index (κ2) is 5.43. The molecule has 0 aliphatic heterocycles. The lowest BCUT2D eigenvalue weighted by molar-refractivity contribution is 0.122. The van der Waals surface area contributed by atoms with Gasteiger partial charge in [-0.15, -0.1) is 4.73 Å². The summed E-state index contributed by atoms with van der Waals surface area (Å²) in [5.41, 5.74) is 0.505. The van der Waals surface area contributed by atoms with Gasteiger partial charge in [0.1, 0.15) is 12.8 Å². The summed E-state index contributed by atoms with van der Waals surface area (Å²) >= 11 is 0. The van der Waals surface area contributed by atoms with Gasteiger partial charge in [0.05, 0.1) is 14.2 Å². The van der Waals surface area contributed by atoms with Crippen LogP contribution in [0.25, 0.3) is 11.3 Å². The third-order valence-electron chi connectivity index (χ3n) is 2.58. The van der Waals surface area contributed by atoms with Gasteiger partial charge in [-0.3, -0.25) is 4.79 Å². The number of hydrogen-bond donors (Lipinski definition) is 0. The molecular weight excluding hydrogens is 248 g/mol. The first-order valence-electron chi connectivity index (χ1n) is 5.57. The summed E-state index contributed by atoms with van der Waals surface area (Å²) in [6.45, 7) is 0. The van der Waals surface area contributed by atoms with Crippen LogP contribution in [-0.4, -0.2) is 31.0 Å². The highest BCUT2D eigenvalue weighted by Crippen LogP contribution is 2.24. The van der Waals surface area contributed by atoms with Crippen LogP contribution in [0.2, 0.25) is 0 Å². The minimum absolute atomic E-state index is 0.120. The molecule has 2 rings (SSSR count). The smallest absolute Gasteiger partial charge is 0.313 e. The molecule has 1 heterocycles. The quantitative estimate of drug-likeness (QED) is 0.822. The van der Waals surface area contributed by atoms with Crippen LogP contribution in [0, 0.1) is 0 Å². The van der Waals surface area contributed by atoms with E-state index in [9.17, 15) is 4.79 Å². The van der Waals surface area contributed by atoms with Gasteiger partial charge < -0.3 is 14.3 Å². The van der Waals surface area contributed by atoms with Crippen molar-refractivity contribution in [2.45, 2.75) is 0 Å². The second-order valence-corrected chi connectivity index (χ2v) is 3.63. The zero-order valence-electron chi connectivity index (χ0n) is 10.9. The third kappa shape index (κ3) is 2.24. The first-order valence-corrected chi connectivity index (χ1v) is 5.57. The lowest BCUT2D eigenvalue weighted by Gasteiger charge is -2.13. The Morgan fingerprint density at radius 2 is 1.74 bits per heavy atom. The number of benzene rings is 1. The Labute approximate surface area is 110 Å². The van der Waals surface area contributed by atoms with Crippen LogP contribution in [0.3, 0.4) is 0 Å². The summed E-state index contributed by atoms with van der Waals surface area (Å²) in [6, 6.07) is 9.08. The molecule has 0 atom stereocenters. The first kappa shape index (κ1) is 12.9. The predicted molar refractivity (Wildman–Crippen MR) is 69.5 cm³/mol. The van der Waals surface area contributed by atoms with Crippen molar-refractivity contribution in [1.29, 1.82) is 0 Å². The van der Waals surface area contributed by atoms with Crippen molar-refractivity contribution in [3.05, 3.63) is 40.7 Å². The van der Waals surface area contributed by atoms with Crippen LogP contribution in [0.5, 0.6) is 11.8 Å². The zero-order chi connectivity index (χ0) is 13.8. The number of rotatable bonds is 4. The normalized spacial score (nSPS) is 10.1. The molecule has 6 nitrogen and oxygen atoms in total. The predicted octanol–water partition coefficient (Wildman–Crippen LogP) is 0.986. The largest absolute Gasteiger partial charge is 0.477 e. The Hall–Kier alpha value is -2.50. The van der Waals surface area contributed by atoms with Gasteiger partial charge >= 0.3 is 5.56 Å². The molecule has 0 aliphatic carbocycles. The number of hydrogen-bond acceptors (Lipinski definition) is 5. The fraction of sp³-hybridized carbons (Fsp3) is 0.231. The van der Waals surface area contributed by atoms with Crippen LogP contribution >= 0.6 is 0 Å². The minimum atomic E-state index is -0.411. The van der Waals surface area contributed by atoms with Gasteiger partial charge in [0.15, 0.2) is 0 Å². The van der Waals surface area contributed by atoms with Crippen molar-refractivity contribution in [3.8, 4) is 23.0 Å². The molecular formula is C13H14N2O4. The van der Waals surface area contributed by atoms with E-state index in [4.69, 9.17) is 14.3 Å². The molecule has 1 aromatic heterocycles. The monoisotopic (exact) mass is 262 g/mol. The number of nitrogens with zero attached hydrogens (tertiary/aromatic N) is 2. The molecule has 0 saturated heterocycles. The van der Waals surface area contributed by atoms with Gasteiger partial charge in [0.2, 0.25) is 0 Å². The highest BCUT2D eigenvalue weighted by Gasteiger charge is 2.19. The summed E-state index contributed by atoms with van der Waals surface area (Å²) in [5.74, 6) is 0.303. The minimum Gasteiger partial charge on any atom is -0.477 e. The Balaban J connectivity index is 2.74. The first-order chi connectivity index (χ1) is 9.22. The summed E-state index contributed by atoms with van der Waals surface area (Å²) in [5, 5.41) is 0. The van der Waals surface area contributed by atoms with E-state index in [1.54, 1.807) is 12.1 Å². The Morgan fingerprint density at radius 3 is 2.26 bits per heavy atom. The van der Waals surface area contributed by atoms with Gasteiger partial charge in [0, 0.05) is 5.56 Å². The highest BCUT2D eigenvalue weighted by molar-refractivity contribution is 5.59. The maximum Gasteiger partial charge on any atom is 0.313 e. The Kier molecular flexibility index (Phi) is 3.70. The van der Waals surface area contributed by atoms with E-state index in [-0.39, 0.29) is 17.5 Å². The topological polar surface area (TPSA) is 62.6 Å². The lowest BCUT2D eigenvalue weighted by Crippen LogP contribution is -2.29. The number of ether oxygens (including phenoxy) is 2. The highest BCUT2D eigenvalue weighted by atomic mass is 16.7. The van der Waals surface area contributed by atoms with Gasteiger partial charge in [-0.25, -0.2) is 4.98 Å². The molecule has 0 unspecified atom stereocenters. The molecule has 0 amide bonds. The van der Waals surface area contributed by atoms with Crippen LogP contribution < -0.4 is 19.9 Å². The van der Waals surface area contributed by atoms with Crippen molar-refractivity contribution in [2.75, 3.05) is 21.3 Å². The Bertz CT molecular complexity index is 623. The van der Waals surface area contributed by atoms with Crippen molar-refractivity contribution in [3.63, 3.8) is 0 Å². The second-order valence-electron chi connectivity index (χ2n) is 3.63. The standard InChI is InChI=1S/C13H14N2O4/c1-17-11-13(18-2)15(19-3)12(16)10(14-11)9-7-5-4-6-8-9/h4-8H,1-3H3. The molecule has 2 aromatic rings. The maximum atomic E-state index is 12.3. The SMILES string of the molecule is COc1nc(-c2ccccc2)c(=O)n(OC)c1OC. The number of aromatic nitrogens is 2. The molecule has 0 N–H and O–H groups in total. The molecule has 0 fully saturated rings. The summed E-state index contributed by atoms with van der Waals surface area (Å²) < 4.78 is 11.2. The van der Waals surface area contributed by atoms with Crippen LogP contribution in [0.4, 0.5) is 0 Å². The van der Waals surface area contributed by atoms with Gasteiger partial charge in [-0.1, -0.05) is 30.3 Å². The van der Waals surface area contributed by atoms with E-state index in [0.29, 0.717) is 5.56 Å². The average Bonchev–Trinajstić information content (AvgIpc) is 2.47. The average molecular weight is 262 g/mol. The van der Waals surface area contributed by atoms with E-state index in [0.717, 1.165) is 4.73 Å². The van der Waals surface area contributed by atoms with Crippen LogP contribution in [-0.2, 0) is 0 Å². The van der Waals surface area contributed by atoms with Gasteiger partial charge in [-0.05, 0) is 0 Å². The zero-order valence-corrected chi connectivity index (χ0v) is 10.9. The van der Waals surface area contributed by atoms with Crippen molar-refractivity contribution < 1.29 is 14.3 Å². The molecule has 100 valence electrons. The molecule has 19 heavy (non-hydrogen) atoms. The van der Waals surface area contributed by atoms with E-state index in [1.807, 2.05) is 18.2 Å². The van der Waals surface area contributed by atoms with Crippen LogP contribution in [0.15, 0.2) is 35.1 Å². The van der Waals surface area contributed by atoms with Crippen molar-refractivity contribution in [1.82, 2.24) is 9.71 Å². The lowest BCUT2D eigenvalue weighted by atomic mass is 10.1. The van der Waals surface area contributed by atoms with Crippen molar-refractivity contribution >= 4 is 0 Å². The summed E-state index contributed by atoms with van der Waals surface area (Å²) in [7, 11) is 4.24. The third-order valence-corrected chi connectivity index (χ3v) is 2.58. The fourth-order valence-corrected chi connectivity index (χ4v) is 1.73. The fourth-order valence-electron chi connectivity index (χ4n) is 1.73. The Morgan fingerprint density at radius 1 is 1.05 bits per heavy atom. The van der Waals surface area contributed by atoms with Crippen molar-refractivity contribution in [2.24, 2.45) is 0 Å². The molecule has 0 bridgehead atoms. The maximum absolute atomic E-state index is 12.3.